The van der Waals surface area contributed by atoms with Crippen molar-refractivity contribution < 1.29 is 0 Å². The summed E-state index contributed by atoms with van der Waals surface area (Å²) in [6, 6.07) is 10.7. The molecule has 0 unspecified atom stereocenters. The van der Waals surface area contributed by atoms with Crippen LogP contribution in [0.15, 0.2) is 30.3 Å². The summed E-state index contributed by atoms with van der Waals surface area (Å²) in [5.41, 5.74) is 9.72. The predicted molar refractivity (Wildman–Crippen MR) is 67.1 cm³/mol. The van der Waals surface area contributed by atoms with Crippen LogP contribution in [0.4, 0.5) is 5.69 Å². The Morgan fingerprint density at radius 1 is 1.07 bits per heavy atom. The maximum Gasteiger partial charge on any atom is 0.0385 e. The van der Waals surface area contributed by atoms with Gasteiger partial charge in [-0.15, -0.1) is 0 Å². The smallest absolute Gasteiger partial charge is 0.0385 e. The molecule has 2 aromatic carbocycles. The molecule has 0 aliphatic carbocycles. The van der Waals surface area contributed by atoms with Crippen molar-refractivity contribution in [2.75, 3.05) is 5.73 Å². The Balaban J connectivity index is 2.83. The number of fused-ring (bicyclic) bond motifs is 1. The Morgan fingerprint density at radius 2 is 1.80 bits per heavy atom. The van der Waals surface area contributed by atoms with Gasteiger partial charge in [-0.25, -0.2) is 0 Å². The minimum atomic E-state index is 0.985. The van der Waals surface area contributed by atoms with Gasteiger partial charge in [-0.3, -0.25) is 0 Å². The summed E-state index contributed by atoms with van der Waals surface area (Å²) in [4.78, 5) is 0. The molecule has 0 amide bonds. The van der Waals surface area contributed by atoms with Crippen LogP contribution in [0.5, 0.6) is 0 Å². The lowest BCUT2D eigenvalue weighted by molar-refractivity contribution is 1.11. The lowest BCUT2D eigenvalue weighted by Crippen LogP contribution is -1.99. The molecule has 0 aliphatic heterocycles. The number of aryl methyl sites for hydroxylation is 2. The lowest BCUT2D eigenvalue weighted by Gasteiger charge is -2.12. The number of nitrogens with two attached hydrogens (primary N) is 1. The largest absolute Gasteiger partial charge is 0.398 e. The van der Waals surface area contributed by atoms with Crippen LogP contribution in [0, 0.1) is 0 Å². The Bertz CT molecular complexity index is 486. The summed E-state index contributed by atoms with van der Waals surface area (Å²) >= 11 is 0. The van der Waals surface area contributed by atoms with E-state index < -0.39 is 0 Å². The van der Waals surface area contributed by atoms with E-state index in [4.69, 9.17) is 5.73 Å². The van der Waals surface area contributed by atoms with Crippen LogP contribution in [0.25, 0.3) is 10.8 Å². The zero-order valence-electron chi connectivity index (χ0n) is 9.38. The summed E-state index contributed by atoms with van der Waals surface area (Å²) in [6.07, 6.45) is 2.00. The highest BCUT2D eigenvalue weighted by Crippen LogP contribution is 2.28. The van der Waals surface area contributed by atoms with Crippen molar-refractivity contribution in [2.24, 2.45) is 0 Å². The molecule has 2 N–H and O–H groups in total. The van der Waals surface area contributed by atoms with Gasteiger partial charge < -0.3 is 5.73 Å². The minimum absolute atomic E-state index is 0.985. The van der Waals surface area contributed by atoms with Gasteiger partial charge in [0.25, 0.3) is 0 Å². The van der Waals surface area contributed by atoms with E-state index >= 15 is 0 Å². The van der Waals surface area contributed by atoms with Crippen molar-refractivity contribution in [3.8, 4) is 0 Å². The van der Waals surface area contributed by atoms with Gasteiger partial charge in [0.2, 0.25) is 0 Å². The molecule has 0 saturated heterocycles. The van der Waals surface area contributed by atoms with Gasteiger partial charge in [0, 0.05) is 5.69 Å². The Morgan fingerprint density at radius 3 is 2.47 bits per heavy atom. The second kappa shape index (κ2) is 3.93. The van der Waals surface area contributed by atoms with Gasteiger partial charge >= 0.3 is 0 Å². The second-order valence-corrected chi connectivity index (χ2v) is 3.86. The van der Waals surface area contributed by atoms with Crippen LogP contribution in [0.2, 0.25) is 0 Å². The first-order valence-corrected chi connectivity index (χ1v) is 5.56. The van der Waals surface area contributed by atoms with Crippen molar-refractivity contribution in [2.45, 2.75) is 26.7 Å². The summed E-state index contributed by atoms with van der Waals surface area (Å²) in [6.45, 7) is 4.32. The van der Waals surface area contributed by atoms with Crippen molar-refractivity contribution in [1.29, 1.82) is 0 Å². The zero-order valence-corrected chi connectivity index (χ0v) is 9.38. The van der Waals surface area contributed by atoms with Crippen LogP contribution in [0.1, 0.15) is 25.0 Å². The maximum absolute atomic E-state index is 6.17. The number of hydrogen-bond acceptors (Lipinski definition) is 1. The van der Waals surface area contributed by atoms with Gasteiger partial charge in [-0.1, -0.05) is 38.1 Å². The highest BCUT2D eigenvalue weighted by molar-refractivity contribution is 5.91. The average Bonchev–Trinajstić information content (AvgIpc) is 2.28. The molecule has 0 atom stereocenters. The molecule has 0 radical (unpaired) electrons. The van der Waals surface area contributed by atoms with Crippen molar-refractivity contribution >= 4 is 16.5 Å². The third kappa shape index (κ3) is 1.58. The first-order chi connectivity index (χ1) is 7.27. The van der Waals surface area contributed by atoms with Gasteiger partial charge in [-0.2, -0.15) is 0 Å². The highest BCUT2D eigenvalue weighted by Gasteiger charge is 2.07. The molecule has 0 saturated carbocycles. The molecule has 1 heteroatoms. The van der Waals surface area contributed by atoms with Crippen LogP contribution >= 0.6 is 0 Å². The fraction of sp³-hybridized carbons (Fsp3) is 0.286. The summed E-state index contributed by atoms with van der Waals surface area (Å²) in [7, 11) is 0. The van der Waals surface area contributed by atoms with Crippen LogP contribution in [-0.4, -0.2) is 0 Å². The fourth-order valence-electron chi connectivity index (χ4n) is 2.18. The third-order valence-electron chi connectivity index (χ3n) is 3.02. The van der Waals surface area contributed by atoms with Crippen molar-refractivity contribution in [3.05, 3.63) is 41.5 Å². The van der Waals surface area contributed by atoms with Crippen molar-refractivity contribution in [1.82, 2.24) is 0 Å². The van der Waals surface area contributed by atoms with E-state index in [9.17, 15) is 0 Å². The van der Waals surface area contributed by atoms with Gasteiger partial charge in [-0.05, 0) is 40.8 Å². The summed E-state index contributed by atoms with van der Waals surface area (Å²) in [5.74, 6) is 0. The number of nitrogen functional groups attached to an aromatic ring is 1. The molecule has 78 valence electrons. The summed E-state index contributed by atoms with van der Waals surface area (Å²) in [5, 5.41) is 2.61. The zero-order chi connectivity index (χ0) is 10.8. The Labute approximate surface area is 90.9 Å². The number of benzene rings is 2. The molecule has 2 rings (SSSR count). The molecule has 0 bridgehead atoms. The third-order valence-corrected chi connectivity index (χ3v) is 3.02. The molecule has 15 heavy (non-hydrogen) atoms. The number of anilines is 1. The first kappa shape index (κ1) is 10.0. The minimum Gasteiger partial charge on any atom is -0.398 e. The van der Waals surface area contributed by atoms with E-state index in [1.54, 1.807) is 0 Å². The number of rotatable bonds is 2. The fourth-order valence-corrected chi connectivity index (χ4v) is 2.18. The molecular weight excluding hydrogens is 182 g/mol. The Hall–Kier alpha value is -1.50. The number of hydrogen-bond donors (Lipinski definition) is 1. The quantitative estimate of drug-likeness (QED) is 0.735. The topological polar surface area (TPSA) is 26.0 Å². The first-order valence-electron chi connectivity index (χ1n) is 5.56. The molecule has 0 heterocycles. The maximum atomic E-state index is 6.17. The molecule has 0 fully saturated rings. The van der Waals surface area contributed by atoms with E-state index in [1.807, 2.05) is 0 Å². The average molecular weight is 199 g/mol. The molecule has 2 aromatic rings. The van der Waals surface area contributed by atoms with E-state index in [2.05, 4.69) is 44.2 Å². The van der Waals surface area contributed by atoms with Crippen molar-refractivity contribution in [3.63, 3.8) is 0 Å². The highest BCUT2D eigenvalue weighted by atomic mass is 14.6. The monoisotopic (exact) mass is 199 g/mol. The van der Waals surface area contributed by atoms with Crippen LogP contribution in [0.3, 0.4) is 0 Å². The molecule has 0 aromatic heterocycles. The van der Waals surface area contributed by atoms with Gasteiger partial charge in [0.05, 0.1) is 0 Å². The SMILES string of the molecule is CCc1cc2ccccc2c(CC)c1N. The van der Waals surface area contributed by atoms with Crippen LogP contribution in [-0.2, 0) is 12.8 Å². The van der Waals surface area contributed by atoms with Gasteiger partial charge in [0.15, 0.2) is 0 Å². The molecule has 0 spiro atoms. The van der Waals surface area contributed by atoms with E-state index in [0.29, 0.717) is 0 Å². The van der Waals surface area contributed by atoms with E-state index in [1.165, 1.54) is 21.9 Å². The van der Waals surface area contributed by atoms with E-state index in [0.717, 1.165) is 18.5 Å². The lowest BCUT2D eigenvalue weighted by atomic mass is 9.96. The van der Waals surface area contributed by atoms with E-state index in [-0.39, 0.29) is 0 Å². The molecule has 1 nitrogen and oxygen atoms in total. The standard InChI is InChI=1S/C14H17N/c1-3-10-9-11-7-5-6-8-13(11)12(4-2)14(10)15/h5-9H,3-4,15H2,1-2H3. The predicted octanol–water partition coefficient (Wildman–Crippen LogP) is 3.55. The summed E-state index contributed by atoms with van der Waals surface area (Å²) < 4.78 is 0. The molecule has 0 aliphatic rings. The second-order valence-electron chi connectivity index (χ2n) is 3.86. The molecular formula is C14H17N. The normalized spacial score (nSPS) is 10.8. The Kier molecular flexibility index (Phi) is 2.63. The van der Waals surface area contributed by atoms with Gasteiger partial charge in [0.1, 0.15) is 0 Å². The van der Waals surface area contributed by atoms with Crippen LogP contribution < -0.4 is 5.73 Å².